The third-order valence-electron chi connectivity index (χ3n) is 4.46. The van der Waals surface area contributed by atoms with Crippen molar-refractivity contribution < 1.29 is 4.79 Å². The first-order valence-electron chi connectivity index (χ1n) is 8.20. The Balaban J connectivity index is 1.67. The fraction of sp³-hybridized carbons (Fsp3) is 0.368. The summed E-state index contributed by atoms with van der Waals surface area (Å²) in [4.78, 5) is 27.3. The quantitative estimate of drug-likeness (QED) is 0.911. The monoisotopic (exact) mass is 310 g/mol. The third kappa shape index (κ3) is 3.70. The molecular formula is C19H22N2O2. The van der Waals surface area contributed by atoms with Crippen LogP contribution in [-0.4, -0.2) is 17.4 Å². The van der Waals surface area contributed by atoms with Gasteiger partial charge in [0.1, 0.15) is 5.56 Å². The van der Waals surface area contributed by atoms with Crippen LogP contribution in [0.1, 0.15) is 40.5 Å². The van der Waals surface area contributed by atoms with Crippen LogP contribution in [0.5, 0.6) is 0 Å². The molecule has 4 nitrogen and oxygen atoms in total. The maximum absolute atomic E-state index is 12.3. The lowest BCUT2D eigenvalue weighted by Gasteiger charge is -2.21. The largest absolute Gasteiger partial charge is 0.352 e. The van der Waals surface area contributed by atoms with Crippen LogP contribution in [0.15, 0.2) is 41.2 Å². The number of hydrogen-bond acceptors (Lipinski definition) is 2. The first-order valence-corrected chi connectivity index (χ1v) is 8.20. The number of aryl methyl sites for hydroxylation is 1. The van der Waals surface area contributed by atoms with Gasteiger partial charge in [-0.05, 0) is 48.8 Å². The average Bonchev–Trinajstić information content (AvgIpc) is 2.55. The van der Waals surface area contributed by atoms with E-state index in [2.05, 4.69) is 17.2 Å². The molecule has 1 aliphatic rings. The number of rotatable bonds is 4. The van der Waals surface area contributed by atoms with Gasteiger partial charge in [0.05, 0.1) is 0 Å². The van der Waals surface area contributed by atoms with E-state index in [0.29, 0.717) is 12.5 Å². The minimum atomic E-state index is -0.289. The van der Waals surface area contributed by atoms with Crippen LogP contribution in [0.4, 0.5) is 0 Å². The Labute approximate surface area is 135 Å². The molecule has 0 unspecified atom stereocenters. The summed E-state index contributed by atoms with van der Waals surface area (Å²) >= 11 is 0. The van der Waals surface area contributed by atoms with Gasteiger partial charge < -0.3 is 10.3 Å². The van der Waals surface area contributed by atoms with E-state index in [1.807, 2.05) is 30.3 Å². The third-order valence-corrected chi connectivity index (χ3v) is 4.46. The van der Waals surface area contributed by atoms with Gasteiger partial charge in [0.15, 0.2) is 0 Å². The zero-order valence-electron chi connectivity index (χ0n) is 13.4. The minimum Gasteiger partial charge on any atom is -0.352 e. The zero-order chi connectivity index (χ0) is 16.2. The molecule has 1 aromatic carbocycles. The molecule has 2 N–H and O–H groups in total. The van der Waals surface area contributed by atoms with Crippen molar-refractivity contribution in [3.05, 3.63) is 69.1 Å². The molecule has 0 saturated carbocycles. The number of hydrogen-bond donors (Lipinski definition) is 2. The summed E-state index contributed by atoms with van der Waals surface area (Å²) in [5.41, 5.74) is 3.22. The lowest BCUT2D eigenvalue weighted by molar-refractivity contribution is 0.0952. The number of amides is 1. The minimum absolute atomic E-state index is 0.228. The van der Waals surface area contributed by atoms with E-state index < -0.39 is 0 Å². The smallest absolute Gasteiger partial charge is 0.261 e. The molecule has 4 heteroatoms. The van der Waals surface area contributed by atoms with E-state index in [0.717, 1.165) is 36.9 Å². The van der Waals surface area contributed by atoms with Crippen molar-refractivity contribution in [3.63, 3.8) is 0 Å². The highest BCUT2D eigenvalue weighted by atomic mass is 16.2. The van der Waals surface area contributed by atoms with Crippen molar-refractivity contribution in [3.8, 4) is 0 Å². The topological polar surface area (TPSA) is 62.0 Å². The second-order valence-electron chi connectivity index (χ2n) is 6.36. The van der Waals surface area contributed by atoms with E-state index >= 15 is 0 Å². The molecule has 23 heavy (non-hydrogen) atoms. The summed E-state index contributed by atoms with van der Waals surface area (Å²) in [6, 6.07) is 11.8. The Bertz CT molecular complexity index is 750. The van der Waals surface area contributed by atoms with Crippen molar-refractivity contribution in [1.82, 2.24) is 10.3 Å². The van der Waals surface area contributed by atoms with Gasteiger partial charge in [-0.1, -0.05) is 37.3 Å². The molecule has 0 fully saturated rings. The predicted octanol–water partition coefficient (Wildman–Crippen LogP) is 2.47. The van der Waals surface area contributed by atoms with Gasteiger partial charge in [-0.2, -0.15) is 0 Å². The molecule has 1 heterocycles. The van der Waals surface area contributed by atoms with Gasteiger partial charge >= 0.3 is 0 Å². The number of nitrogens with one attached hydrogen (secondary N) is 2. The molecule has 1 atom stereocenters. The van der Waals surface area contributed by atoms with E-state index in [9.17, 15) is 9.59 Å². The fourth-order valence-corrected chi connectivity index (χ4v) is 3.11. The van der Waals surface area contributed by atoms with Crippen LogP contribution in [0, 0.1) is 5.92 Å². The van der Waals surface area contributed by atoms with Crippen molar-refractivity contribution >= 4 is 5.91 Å². The van der Waals surface area contributed by atoms with Gasteiger partial charge in [-0.15, -0.1) is 0 Å². The number of aromatic nitrogens is 1. The first kappa shape index (κ1) is 15.5. The van der Waals surface area contributed by atoms with Crippen molar-refractivity contribution in [2.75, 3.05) is 6.54 Å². The van der Waals surface area contributed by atoms with Crippen LogP contribution < -0.4 is 10.9 Å². The normalized spacial score (nSPS) is 16.7. The molecule has 120 valence electrons. The van der Waals surface area contributed by atoms with Crippen LogP contribution in [0.2, 0.25) is 0 Å². The Hall–Kier alpha value is -2.36. The molecular weight excluding hydrogens is 288 g/mol. The highest BCUT2D eigenvalue weighted by molar-refractivity contribution is 5.94. The molecule has 3 rings (SSSR count). The van der Waals surface area contributed by atoms with Crippen molar-refractivity contribution in [2.24, 2.45) is 5.92 Å². The number of pyridine rings is 1. The number of aromatic amines is 1. The summed E-state index contributed by atoms with van der Waals surface area (Å²) < 4.78 is 0. The number of carbonyl (C=O) groups excluding carboxylic acids is 1. The lowest BCUT2D eigenvalue weighted by atomic mass is 9.87. The molecule has 0 saturated heterocycles. The zero-order valence-corrected chi connectivity index (χ0v) is 13.4. The van der Waals surface area contributed by atoms with Crippen LogP contribution >= 0.6 is 0 Å². The Morgan fingerprint density at radius 3 is 2.87 bits per heavy atom. The van der Waals surface area contributed by atoms with Crippen molar-refractivity contribution in [1.29, 1.82) is 0 Å². The van der Waals surface area contributed by atoms with Gasteiger partial charge in [0, 0.05) is 12.2 Å². The second-order valence-corrected chi connectivity index (χ2v) is 6.36. The van der Waals surface area contributed by atoms with Crippen LogP contribution in [0.3, 0.4) is 0 Å². The maximum Gasteiger partial charge on any atom is 0.261 e. The Kier molecular flexibility index (Phi) is 4.60. The molecule has 0 radical (unpaired) electrons. The highest BCUT2D eigenvalue weighted by Crippen LogP contribution is 2.23. The summed E-state index contributed by atoms with van der Waals surface area (Å²) in [5, 5.41) is 2.85. The molecule has 1 amide bonds. The van der Waals surface area contributed by atoms with E-state index in [1.165, 1.54) is 5.56 Å². The van der Waals surface area contributed by atoms with Gasteiger partial charge in [0.2, 0.25) is 0 Å². The fourth-order valence-electron chi connectivity index (χ4n) is 3.11. The Morgan fingerprint density at radius 2 is 2.09 bits per heavy atom. The first-order chi connectivity index (χ1) is 11.1. The number of fused-ring (bicyclic) bond motifs is 1. The number of carbonyl (C=O) groups is 1. The van der Waals surface area contributed by atoms with Gasteiger partial charge in [-0.3, -0.25) is 9.59 Å². The SMILES string of the molecule is C[C@@H]1CCc2[nH]c(=O)c(C(=O)NCCc3ccccc3)cc2C1. The van der Waals surface area contributed by atoms with Crippen LogP contribution in [0.25, 0.3) is 0 Å². The molecule has 1 aromatic heterocycles. The highest BCUT2D eigenvalue weighted by Gasteiger charge is 2.19. The maximum atomic E-state index is 12.3. The predicted molar refractivity (Wildman–Crippen MR) is 90.7 cm³/mol. The summed E-state index contributed by atoms with van der Waals surface area (Å²) in [6.45, 7) is 2.73. The summed E-state index contributed by atoms with van der Waals surface area (Å²) in [6.07, 6.45) is 3.66. The average molecular weight is 310 g/mol. The van der Waals surface area contributed by atoms with Gasteiger partial charge in [-0.25, -0.2) is 0 Å². The number of H-pyrrole nitrogens is 1. The molecule has 1 aliphatic carbocycles. The number of benzene rings is 1. The van der Waals surface area contributed by atoms with E-state index in [-0.39, 0.29) is 17.0 Å². The molecule has 2 aromatic rings. The standard InChI is InChI=1S/C19H22N2O2/c1-13-7-8-17-15(11-13)12-16(19(23)21-17)18(22)20-10-9-14-5-3-2-4-6-14/h2-6,12-13H,7-11H2,1H3,(H,20,22)(H,21,23)/t13-/m1/s1. The van der Waals surface area contributed by atoms with E-state index in [4.69, 9.17) is 0 Å². The summed E-state index contributed by atoms with van der Waals surface area (Å²) in [7, 11) is 0. The van der Waals surface area contributed by atoms with Crippen LogP contribution in [-0.2, 0) is 19.3 Å². The molecule has 0 bridgehead atoms. The molecule has 0 aliphatic heterocycles. The lowest BCUT2D eigenvalue weighted by Crippen LogP contribution is -2.32. The van der Waals surface area contributed by atoms with E-state index in [1.54, 1.807) is 6.07 Å². The molecule has 0 spiro atoms. The van der Waals surface area contributed by atoms with Gasteiger partial charge in [0.25, 0.3) is 11.5 Å². The second kappa shape index (κ2) is 6.82. The van der Waals surface area contributed by atoms with Crippen molar-refractivity contribution in [2.45, 2.75) is 32.6 Å². The summed E-state index contributed by atoms with van der Waals surface area (Å²) in [5.74, 6) is 0.311. The Morgan fingerprint density at radius 1 is 1.30 bits per heavy atom.